The molecular formula is C16H30N2O2. The molecule has 0 radical (unpaired) electrons. The highest BCUT2D eigenvalue weighted by molar-refractivity contribution is 5.20. The lowest BCUT2D eigenvalue weighted by atomic mass is 9.46. The van der Waals surface area contributed by atoms with Crippen LogP contribution in [0.25, 0.3) is 0 Å². The Bertz CT molecular complexity index is 352. The molecule has 1 aliphatic carbocycles. The number of hydrogen-bond acceptors (Lipinski definition) is 4. The first-order valence-electron chi connectivity index (χ1n) is 8.14. The third-order valence-corrected chi connectivity index (χ3v) is 6.25. The van der Waals surface area contributed by atoms with Crippen molar-refractivity contribution in [1.29, 1.82) is 0 Å². The number of hydrogen-bond donors (Lipinski definition) is 1. The van der Waals surface area contributed by atoms with Crippen LogP contribution in [-0.4, -0.2) is 56.0 Å². The second-order valence-electron chi connectivity index (χ2n) is 7.51. The van der Waals surface area contributed by atoms with Crippen LogP contribution in [0.3, 0.4) is 0 Å². The minimum absolute atomic E-state index is 0.0853. The van der Waals surface area contributed by atoms with Gasteiger partial charge in [0.2, 0.25) is 0 Å². The first kappa shape index (κ1) is 14.8. The van der Waals surface area contributed by atoms with Gasteiger partial charge in [0.15, 0.2) is 0 Å². The molecule has 2 aliphatic heterocycles. The molecule has 0 aromatic rings. The van der Waals surface area contributed by atoms with Crippen LogP contribution in [-0.2, 0) is 9.47 Å². The molecule has 4 heteroatoms. The lowest BCUT2D eigenvalue weighted by Crippen LogP contribution is -2.80. The fraction of sp³-hybridized carbons (Fsp3) is 1.00. The molecule has 1 saturated carbocycles. The largest absolute Gasteiger partial charge is 0.381 e. The first-order valence-corrected chi connectivity index (χ1v) is 8.14. The molecule has 0 spiro atoms. The van der Waals surface area contributed by atoms with Crippen LogP contribution in [0, 0.1) is 11.3 Å². The molecule has 3 unspecified atom stereocenters. The van der Waals surface area contributed by atoms with E-state index in [0.29, 0.717) is 18.1 Å². The van der Waals surface area contributed by atoms with E-state index >= 15 is 0 Å². The summed E-state index contributed by atoms with van der Waals surface area (Å²) < 4.78 is 11.5. The number of likely N-dealkylation sites (tertiary alicyclic amines) is 1. The lowest BCUT2D eigenvalue weighted by molar-refractivity contribution is -0.233. The van der Waals surface area contributed by atoms with Gasteiger partial charge in [0.05, 0.1) is 12.2 Å². The molecule has 2 saturated heterocycles. The van der Waals surface area contributed by atoms with Crippen molar-refractivity contribution in [3.8, 4) is 0 Å². The number of nitrogens with two attached hydrogens (primary N) is 1. The summed E-state index contributed by atoms with van der Waals surface area (Å²) in [5, 5.41) is 0. The summed E-state index contributed by atoms with van der Waals surface area (Å²) in [5.41, 5.74) is 6.89. The predicted octanol–water partition coefficient (Wildman–Crippen LogP) is 1.63. The summed E-state index contributed by atoms with van der Waals surface area (Å²) in [6, 6.07) is 0. The van der Waals surface area contributed by atoms with Gasteiger partial charge in [0.1, 0.15) is 0 Å². The molecule has 4 nitrogen and oxygen atoms in total. The third kappa shape index (κ3) is 2.12. The van der Waals surface area contributed by atoms with Crippen molar-refractivity contribution in [3.05, 3.63) is 0 Å². The van der Waals surface area contributed by atoms with Crippen molar-refractivity contribution in [2.45, 2.75) is 57.3 Å². The molecule has 2 N–H and O–H groups in total. The van der Waals surface area contributed by atoms with Gasteiger partial charge in [-0.25, -0.2) is 0 Å². The summed E-state index contributed by atoms with van der Waals surface area (Å²) in [7, 11) is 1.82. The van der Waals surface area contributed by atoms with Crippen LogP contribution in [0.2, 0.25) is 0 Å². The summed E-state index contributed by atoms with van der Waals surface area (Å²) in [6.07, 6.45) is 5.49. The van der Waals surface area contributed by atoms with E-state index < -0.39 is 0 Å². The van der Waals surface area contributed by atoms with Gasteiger partial charge in [-0.05, 0) is 25.7 Å². The van der Waals surface area contributed by atoms with Gasteiger partial charge in [-0.3, -0.25) is 0 Å². The van der Waals surface area contributed by atoms with E-state index in [1.807, 2.05) is 7.11 Å². The van der Waals surface area contributed by atoms with Gasteiger partial charge in [-0.2, -0.15) is 0 Å². The Hall–Kier alpha value is -0.160. The molecule has 3 fully saturated rings. The summed E-state index contributed by atoms with van der Waals surface area (Å²) >= 11 is 0. The van der Waals surface area contributed by atoms with Crippen molar-refractivity contribution in [3.63, 3.8) is 0 Å². The maximum atomic E-state index is 6.88. The van der Waals surface area contributed by atoms with Crippen molar-refractivity contribution in [1.82, 2.24) is 4.90 Å². The Balaban J connectivity index is 1.64. The Labute approximate surface area is 123 Å². The lowest BCUT2D eigenvalue weighted by Gasteiger charge is -2.67. The number of nitrogens with zero attached hydrogens (tertiary/aromatic N) is 1. The Kier molecular flexibility index (Phi) is 3.87. The second kappa shape index (κ2) is 5.24. The molecule has 0 aromatic heterocycles. The van der Waals surface area contributed by atoms with Gasteiger partial charge in [-0.15, -0.1) is 0 Å². The highest BCUT2D eigenvalue weighted by Gasteiger charge is 2.66. The Morgan fingerprint density at radius 2 is 1.95 bits per heavy atom. The molecule has 3 aliphatic rings. The van der Waals surface area contributed by atoms with Crippen molar-refractivity contribution in [2.75, 3.05) is 33.4 Å². The van der Waals surface area contributed by atoms with Gasteiger partial charge in [0, 0.05) is 50.2 Å². The molecule has 2 heterocycles. The maximum Gasteiger partial charge on any atom is 0.0690 e. The van der Waals surface area contributed by atoms with E-state index in [1.165, 1.54) is 12.8 Å². The zero-order valence-corrected chi connectivity index (χ0v) is 13.2. The highest BCUT2D eigenvalue weighted by atomic mass is 16.5. The number of fused-ring (bicyclic) bond motifs is 1. The molecule has 116 valence electrons. The van der Waals surface area contributed by atoms with Crippen LogP contribution in [0.5, 0.6) is 0 Å². The minimum Gasteiger partial charge on any atom is -0.381 e. The first-order chi connectivity index (χ1) is 9.49. The average molecular weight is 282 g/mol. The number of piperidine rings is 1. The minimum atomic E-state index is -0.0853. The quantitative estimate of drug-likeness (QED) is 0.855. The van der Waals surface area contributed by atoms with Crippen LogP contribution in [0.1, 0.15) is 39.5 Å². The molecule has 20 heavy (non-hydrogen) atoms. The zero-order chi connectivity index (χ0) is 14.4. The topological polar surface area (TPSA) is 47.7 Å². The molecular weight excluding hydrogens is 252 g/mol. The van der Waals surface area contributed by atoms with E-state index in [9.17, 15) is 0 Å². The number of rotatable bonds is 3. The van der Waals surface area contributed by atoms with Crippen molar-refractivity contribution >= 4 is 0 Å². The van der Waals surface area contributed by atoms with Crippen LogP contribution in [0.4, 0.5) is 0 Å². The second-order valence-corrected chi connectivity index (χ2v) is 7.51. The summed E-state index contributed by atoms with van der Waals surface area (Å²) in [6.45, 7) is 8.75. The van der Waals surface area contributed by atoms with Crippen LogP contribution in [0.15, 0.2) is 0 Å². The van der Waals surface area contributed by atoms with Gasteiger partial charge in [0.25, 0.3) is 0 Å². The maximum absolute atomic E-state index is 6.88. The number of ether oxygens (including phenoxy) is 2. The predicted molar refractivity (Wildman–Crippen MR) is 79.6 cm³/mol. The zero-order valence-electron chi connectivity index (χ0n) is 13.2. The standard InChI is InChI=1S/C16H30N2O2/c1-15(2)14-13(5-4-10-20-14)16(15,17)11-18-8-6-12(19-3)7-9-18/h12-14H,4-11,17H2,1-3H3. The Morgan fingerprint density at radius 1 is 1.25 bits per heavy atom. The normalized spacial score (nSPS) is 42.0. The molecule has 0 amide bonds. The van der Waals surface area contributed by atoms with Gasteiger partial charge >= 0.3 is 0 Å². The SMILES string of the molecule is COC1CCN(CC2(N)C3CCCOC3C2(C)C)CC1. The molecule has 0 aromatic carbocycles. The molecule has 0 bridgehead atoms. The smallest absolute Gasteiger partial charge is 0.0690 e. The van der Waals surface area contributed by atoms with E-state index in [1.54, 1.807) is 0 Å². The van der Waals surface area contributed by atoms with E-state index in [4.69, 9.17) is 15.2 Å². The fourth-order valence-electron chi connectivity index (χ4n) is 4.66. The van der Waals surface area contributed by atoms with Crippen molar-refractivity contribution in [2.24, 2.45) is 17.1 Å². The Morgan fingerprint density at radius 3 is 2.60 bits per heavy atom. The van der Waals surface area contributed by atoms with Gasteiger partial charge < -0.3 is 20.1 Å². The van der Waals surface area contributed by atoms with Crippen LogP contribution >= 0.6 is 0 Å². The number of methoxy groups -OCH3 is 1. The van der Waals surface area contributed by atoms with E-state index in [0.717, 1.165) is 39.1 Å². The molecule has 3 rings (SSSR count). The average Bonchev–Trinajstić information content (AvgIpc) is 2.48. The van der Waals surface area contributed by atoms with Gasteiger partial charge in [-0.1, -0.05) is 13.8 Å². The van der Waals surface area contributed by atoms with E-state index in [-0.39, 0.29) is 11.0 Å². The van der Waals surface area contributed by atoms with Crippen LogP contribution < -0.4 is 5.73 Å². The summed E-state index contributed by atoms with van der Waals surface area (Å²) in [4.78, 5) is 2.54. The monoisotopic (exact) mass is 282 g/mol. The summed E-state index contributed by atoms with van der Waals surface area (Å²) in [5.74, 6) is 0.548. The van der Waals surface area contributed by atoms with E-state index in [2.05, 4.69) is 18.7 Å². The van der Waals surface area contributed by atoms with Crippen molar-refractivity contribution < 1.29 is 9.47 Å². The highest BCUT2D eigenvalue weighted by Crippen LogP contribution is 2.57. The fourth-order valence-corrected chi connectivity index (χ4v) is 4.66. The third-order valence-electron chi connectivity index (χ3n) is 6.25. The molecule has 3 atom stereocenters.